The van der Waals surface area contributed by atoms with Crippen LogP contribution in [0.5, 0.6) is 5.75 Å². The Hall–Kier alpha value is -2.72. The lowest BCUT2D eigenvalue weighted by molar-refractivity contribution is -0.128. The maximum atomic E-state index is 13.1. The fraction of sp³-hybridized carbons (Fsp3) is 0.211. The fourth-order valence-corrected chi connectivity index (χ4v) is 3.64. The normalized spacial score (nSPS) is 18.4. The Morgan fingerprint density at radius 1 is 1.23 bits per heavy atom. The van der Waals surface area contributed by atoms with Crippen molar-refractivity contribution < 1.29 is 27.5 Å². The minimum absolute atomic E-state index is 0.0465. The first-order valence-electron chi connectivity index (χ1n) is 8.55. The minimum Gasteiger partial charge on any atom is -0.420 e. The van der Waals surface area contributed by atoms with E-state index in [1.807, 2.05) is 0 Å². The van der Waals surface area contributed by atoms with Gasteiger partial charge in [-0.1, -0.05) is 11.8 Å². The third kappa shape index (κ3) is 5.90. The van der Waals surface area contributed by atoms with Gasteiger partial charge < -0.3 is 10.1 Å². The third-order valence-electron chi connectivity index (χ3n) is 3.97. The Bertz CT molecular complexity index is 966. The fourth-order valence-electron chi connectivity index (χ4n) is 2.49. The summed E-state index contributed by atoms with van der Waals surface area (Å²) in [5.41, 5.74) is -3.07. The molecule has 0 aliphatic carbocycles. The molecule has 6 nitrogen and oxygen atoms in total. The topological polar surface area (TPSA) is 71.0 Å². The van der Waals surface area contributed by atoms with Gasteiger partial charge in [-0.3, -0.25) is 14.5 Å². The maximum Gasteiger partial charge on any atom is 0.487 e. The number of benzene rings is 2. The van der Waals surface area contributed by atoms with Gasteiger partial charge in [-0.05, 0) is 48.5 Å². The summed E-state index contributed by atoms with van der Waals surface area (Å²) in [6.07, 6.45) is -0.0465. The van der Waals surface area contributed by atoms with Crippen molar-refractivity contribution in [3.8, 4) is 5.75 Å². The number of hydrogen-bond acceptors (Lipinski definition) is 5. The van der Waals surface area contributed by atoms with Gasteiger partial charge in [-0.2, -0.15) is 0 Å². The standard InChI is InChI=1S/C19H15ClF3N3O3S/c1-26-16(27)10-15(30-18(26)25-13-4-2-11(21)3-5-13)17(28)24-12-6-8-14(9-7-12)29-19(20,22)23/h2-9,15H,10H2,1H3,(H,24,28)/t15-/m1/s1. The van der Waals surface area contributed by atoms with E-state index in [-0.39, 0.29) is 18.1 Å². The highest BCUT2D eigenvalue weighted by molar-refractivity contribution is 8.15. The molecule has 3 rings (SSSR count). The van der Waals surface area contributed by atoms with Crippen LogP contribution in [0.3, 0.4) is 0 Å². The zero-order chi connectivity index (χ0) is 21.9. The second-order valence-corrected chi connectivity index (χ2v) is 7.81. The molecule has 30 heavy (non-hydrogen) atoms. The van der Waals surface area contributed by atoms with E-state index in [1.54, 1.807) is 0 Å². The van der Waals surface area contributed by atoms with Crippen molar-refractivity contribution in [1.29, 1.82) is 0 Å². The van der Waals surface area contributed by atoms with Crippen molar-refractivity contribution in [2.75, 3.05) is 12.4 Å². The summed E-state index contributed by atoms with van der Waals surface area (Å²) in [6, 6.07) is 10.6. The molecule has 11 heteroatoms. The number of anilines is 1. The van der Waals surface area contributed by atoms with Crippen LogP contribution in [0.15, 0.2) is 53.5 Å². The molecule has 1 N–H and O–H groups in total. The van der Waals surface area contributed by atoms with Gasteiger partial charge in [0.1, 0.15) is 16.8 Å². The molecule has 1 atom stereocenters. The number of amides is 2. The van der Waals surface area contributed by atoms with Crippen molar-refractivity contribution in [1.82, 2.24) is 4.90 Å². The van der Waals surface area contributed by atoms with Crippen LogP contribution < -0.4 is 10.1 Å². The van der Waals surface area contributed by atoms with Crippen LogP contribution in [-0.2, 0) is 9.59 Å². The molecule has 0 spiro atoms. The van der Waals surface area contributed by atoms with Crippen LogP contribution in [0.2, 0.25) is 0 Å². The molecule has 0 radical (unpaired) electrons. The molecule has 2 amide bonds. The van der Waals surface area contributed by atoms with Gasteiger partial charge in [-0.25, -0.2) is 9.38 Å². The predicted molar refractivity (Wildman–Crippen MR) is 109 cm³/mol. The van der Waals surface area contributed by atoms with Crippen LogP contribution >= 0.6 is 23.4 Å². The van der Waals surface area contributed by atoms with E-state index in [0.29, 0.717) is 16.5 Å². The number of ether oxygens (including phenoxy) is 1. The number of carbonyl (C=O) groups excluding carboxylic acids is 2. The molecule has 1 saturated heterocycles. The Labute approximate surface area is 179 Å². The molecule has 158 valence electrons. The second kappa shape index (κ2) is 8.97. The average Bonchev–Trinajstić information content (AvgIpc) is 2.67. The molecule has 0 aromatic heterocycles. The lowest BCUT2D eigenvalue weighted by Gasteiger charge is -2.28. The number of thioether (sulfide) groups is 1. The quantitative estimate of drug-likeness (QED) is 0.667. The van der Waals surface area contributed by atoms with E-state index < -0.39 is 22.5 Å². The van der Waals surface area contributed by atoms with Gasteiger partial charge in [-0.15, -0.1) is 8.78 Å². The predicted octanol–water partition coefficient (Wildman–Crippen LogP) is 4.58. The average molecular weight is 458 g/mol. The van der Waals surface area contributed by atoms with Crippen LogP contribution in [0.25, 0.3) is 0 Å². The number of halogens is 4. The molecule has 2 aromatic rings. The molecular weight excluding hydrogens is 443 g/mol. The lowest BCUT2D eigenvalue weighted by atomic mass is 10.2. The smallest absolute Gasteiger partial charge is 0.420 e. The van der Waals surface area contributed by atoms with Gasteiger partial charge >= 0.3 is 5.57 Å². The Balaban J connectivity index is 1.69. The number of aliphatic imine (C=N–C) groups is 1. The molecule has 1 heterocycles. The van der Waals surface area contributed by atoms with Crippen LogP contribution in [0, 0.1) is 5.82 Å². The largest absolute Gasteiger partial charge is 0.487 e. The first kappa shape index (κ1) is 22.0. The number of amidine groups is 1. The van der Waals surface area contributed by atoms with E-state index in [9.17, 15) is 22.8 Å². The van der Waals surface area contributed by atoms with E-state index in [1.165, 1.54) is 60.5 Å². The number of rotatable bonds is 5. The molecule has 2 aromatic carbocycles. The summed E-state index contributed by atoms with van der Waals surface area (Å²) >= 11 is 5.79. The minimum atomic E-state index is -3.84. The van der Waals surface area contributed by atoms with E-state index in [0.717, 1.165) is 11.8 Å². The zero-order valence-electron chi connectivity index (χ0n) is 15.4. The SMILES string of the molecule is CN1C(=O)C[C@H](C(=O)Nc2ccc(OC(F)(F)Cl)cc2)SC1=Nc1ccc(F)cc1. The Morgan fingerprint density at radius 3 is 2.47 bits per heavy atom. The summed E-state index contributed by atoms with van der Waals surface area (Å²) in [5.74, 6) is -1.35. The van der Waals surface area contributed by atoms with Gasteiger partial charge in [0.15, 0.2) is 5.17 Å². The van der Waals surface area contributed by atoms with Crippen LogP contribution in [0.4, 0.5) is 24.5 Å². The first-order chi connectivity index (χ1) is 14.1. The van der Waals surface area contributed by atoms with Crippen molar-refractivity contribution in [2.24, 2.45) is 4.99 Å². The van der Waals surface area contributed by atoms with Gasteiger partial charge in [0.2, 0.25) is 11.8 Å². The van der Waals surface area contributed by atoms with Crippen molar-refractivity contribution >= 4 is 51.7 Å². The third-order valence-corrected chi connectivity index (χ3v) is 5.29. The van der Waals surface area contributed by atoms with Crippen molar-refractivity contribution in [2.45, 2.75) is 17.2 Å². The molecule has 1 aliphatic rings. The number of hydrogen-bond donors (Lipinski definition) is 1. The van der Waals surface area contributed by atoms with Crippen molar-refractivity contribution in [3.63, 3.8) is 0 Å². The zero-order valence-corrected chi connectivity index (χ0v) is 17.0. The number of nitrogens with one attached hydrogen (secondary N) is 1. The van der Waals surface area contributed by atoms with Crippen LogP contribution in [-0.4, -0.2) is 39.7 Å². The van der Waals surface area contributed by atoms with Gasteiger partial charge in [0, 0.05) is 30.8 Å². The first-order valence-corrected chi connectivity index (χ1v) is 9.80. The van der Waals surface area contributed by atoms with E-state index in [2.05, 4.69) is 15.0 Å². The molecule has 0 bridgehead atoms. The summed E-state index contributed by atoms with van der Waals surface area (Å²) in [7, 11) is 1.54. The number of carbonyl (C=O) groups is 2. The summed E-state index contributed by atoms with van der Waals surface area (Å²) in [5, 5.41) is 2.16. The van der Waals surface area contributed by atoms with E-state index >= 15 is 0 Å². The highest BCUT2D eigenvalue weighted by Gasteiger charge is 2.34. The second-order valence-electron chi connectivity index (χ2n) is 6.20. The van der Waals surface area contributed by atoms with Crippen molar-refractivity contribution in [3.05, 3.63) is 54.3 Å². The van der Waals surface area contributed by atoms with Crippen LogP contribution in [0.1, 0.15) is 6.42 Å². The number of nitrogens with zero attached hydrogens (tertiary/aromatic N) is 2. The monoisotopic (exact) mass is 457 g/mol. The number of alkyl halides is 3. The maximum absolute atomic E-state index is 13.1. The summed E-state index contributed by atoms with van der Waals surface area (Å²) < 4.78 is 42.6. The molecule has 1 aliphatic heterocycles. The molecular formula is C19H15ClF3N3O3S. The summed E-state index contributed by atoms with van der Waals surface area (Å²) in [6.45, 7) is 0. The summed E-state index contributed by atoms with van der Waals surface area (Å²) in [4.78, 5) is 30.5. The lowest BCUT2D eigenvalue weighted by Crippen LogP contribution is -2.43. The Morgan fingerprint density at radius 2 is 1.87 bits per heavy atom. The highest BCUT2D eigenvalue weighted by Crippen LogP contribution is 2.30. The van der Waals surface area contributed by atoms with Gasteiger partial charge in [0.25, 0.3) is 0 Å². The molecule has 0 saturated carbocycles. The molecule has 0 unspecified atom stereocenters. The molecule has 1 fully saturated rings. The van der Waals surface area contributed by atoms with E-state index in [4.69, 9.17) is 11.6 Å². The Kier molecular flexibility index (Phi) is 6.57. The highest BCUT2D eigenvalue weighted by atomic mass is 35.5. The van der Waals surface area contributed by atoms with Gasteiger partial charge in [0.05, 0.1) is 5.69 Å².